The highest BCUT2D eigenvalue weighted by atomic mass is 19.4. The summed E-state index contributed by atoms with van der Waals surface area (Å²) < 4.78 is 43.3. The van der Waals surface area contributed by atoms with Crippen molar-refractivity contribution >= 4 is 0 Å². The summed E-state index contributed by atoms with van der Waals surface area (Å²) in [5, 5.41) is 7.51. The van der Waals surface area contributed by atoms with Gasteiger partial charge in [0.05, 0.1) is 12.7 Å². The van der Waals surface area contributed by atoms with Gasteiger partial charge in [0.15, 0.2) is 0 Å². The Balaban J connectivity index is 1.75. The lowest BCUT2D eigenvalue weighted by Gasteiger charge is -2.02. The van der Waals surface area contributed by atoms with Crippen LogP contribution in [0.1, 0.15) is 17.0 Å². The van der Waals surface area contributed by atoms with Gasteiger partial charge in [-0.05, 0) is 5.56 Å². The Hall–Kier alpha value is -2.68. The van der Waals surface area contributed by atoms with Gasteiger partial charge >= 0.3 is 12.1 Å². The molecule has 3 aromatic rings. The second-order valence-corrected chi connectivity index (χ2v) is 4.87. The average Bonchev–Trinajstić information content (AvgIpc) is 3.16. The SMILES string of the molecule is NCc1cnn(Cc2ccc(-c3noc(C(F)(F)F)n3)cc2)c1. The number of aromatic nitrogens is 4. The number of alkyl halides is 3. The minimum atomic E-state index is -4.65. The Morgan fingerprint density at radius 3 is 2.43 bits per heavy atom. The molecule has 9 heteroatoms. The molecule has 0 atom stereocenters. The smallest absolute Gasteiger partial charge is 0.329 e. The minimum Gasteiger partial charge on any atom is -0.329 e. The first kappa shape index (κ1) is 15.2. The molecule has 2 N–H and O–H groups in total. The van der Waals surface area contributed by atoms with Crippen LogP contribution in [0.5, 0.6) is 0 Å². The molecular formula is C14H12F3N5O. The van der Waals surface area contributed by atoms with Gasteiger partial charge in [-0.2, -0.15) is 23.3 Å². The Labute approximate surface area is 128 Å². The zero-order valence-corrected chi connectivity index (χ0v) is 11.8. The lowest BCUT2D eigenvalue weighted by Crippen LogP contribution is -2.04. The first-order valence-electron chi connectivity index (χ1n) is 6.67. The molecule has 0 unspecified atom stereocenters. The average molecular weight is 323 g/mol. The van der Waals surface area contributed by atoms with E-state index in [1.54, 1.807) is 35.1 Å². The topological polar surface area (TPSA) is 82.8 Å². The van der Waals surface area contributed by atoms with Gasteiger partial charge in [-0.25, -0.2) is 0 Å². The summed E-state index contributed by atoms with van der Waals surface area (Å²) in [5.74, 6) is -1.46. The van der Waals surface area contributed by atoms with Crippen molar-refractivity contribution in [1.29, 1.82) is 0 Å². The highest BCUT2D eigenvalue weighted by molar-refractivity contribution is 5.54. The molecule has 0 fully saturated rings. The predicted octanol–water partition coefficient (Wildman–Crippen LogP) is 2.46. The van der Waals surface area contributed by atoms with Gasteiger partial charge in [0.25, 0.3) is 0 Å². The van der Waals surface area contributed by atoms with Crippen LogP contribution < -0.4 is 5.73 Å². The number of nitrogens with zero attached hydrogens (tertiary/aromatic N) is 4. The van der Waals surface area contributed by atoms with Crippen molar-refractivity contribution in [3.05, 3.63) is 53.7 Å². The third-order valence-electron chi connectivity index (χ3n) is 3.15. The van der Waals surface area contributed by atoms with Crippen LogP contribution in [0, 0.1) is 0 Å². The van der Waals surface area contributed by atoms with Crippen LogP contribution in [0.3, 0.4) is 0 Å². The fourth-order valence-electron chi connectivity index (χ4n) is 2.00. The molecule has 0 bridgehead atoms. The van der Waals surface area contributed by atoms with Gasteiger partial charge in [-0.3, -0.25) is 4.68 Å². The van der Waals surface area contributed by atoms with Gasteiger partial charge in [0.2, 0.25) is 5.82 Å². The maximum absolute atomic E-state index is 12.4. The molecule has 0 spiro atoms. The van der Waals surface area contributed by atoms with Crippen molar-refractivity contribution in [2.75, 3.05) is 0 Å². The Kier molecular flexibility index (Phi) is 3.87. The maximum Gasteiger partial charge on any atom is 0.471 e. The van der Waals surface area contributed by atoms with Gasteiger partial charge in [-0.15, -0.1) is 0 Å². The molecule has 6 nitrogen and oxygen atoms in total. The minimum absolute atomic E-state index is 0.103. The van der Waals surface area contributed by atoms with E-state index in [2.05, 4.69) is 19.8 Å². The van der Waals surface area contributed by atoms with Crippen molar-refractivity contribution in [2.24, 2.45) is 5.73 Å². The van der Waals surface area contributed by atoms with Crippen molar-refractivity contribution in [3.63, 3.8) is 0 Å². The molecule has 2 aromatic heterocycles. The highest BCUT2D eigenvalue weighted by Crippen LogP contribution is 2.29. The number of halogens is 3. The third kappa shape index (κ3) is 3.39. The lowest BCUT2D eigenvalue weighted by atomic mass is 10.1. The standard InChI is InChI=1S/C14H12F3N5O/c15-14(16,17)13-20-12(21-23-13)11-3-1-9(2-4-11)7-22-8-10(5-18)6-19-22/h1-4,6,8H,5,7,18H2. The van der Waals surface area contributed by atoms with Gasteiger partial charge in [-0.1, -0.05) is 29.4 Å². The molecule has 3 rings (SSSR count). The summed E-state index contributed by atoms with van der Waals surface area (Å²) in [6.45, 7) is 0.943. The van der Waals surface area contributed by atoms with Crippen molar-refractivity contribution in [3.8, 4) is 11.4 Å². The molecule has 0 aliphatic rings. The zero-order valence-electron chi connectivity index (χ0n) is 11.8. The molecular weight excluding hydrogens is 311 g/mol. The zero-order chi connectivity index (χ0) is 16.4. The number of rotatable bonds is 4. The highest BCUT2D eigenvalue weighted by Gasteiger charge is 2.38. The first-order valence-corrected chi connectivity index (χ1v) is 6.67. The quantitative estimate of drug-likeness (QED) is 0.797. The number of benzene rings is 1. The van der Waals surface area contributed by atoms with Crippen LogP contribution in [0.2, 0.25) is 0 Å². The molecule has 23 heavy (non-hydrogen) atoms. The number of hydrogen-bond donors (Lipinski definition) is 1. The normalized spacial score (nSPS) is 11.8. The summed E-state index contributed by atoms with van der Waals surface area (Å²) in [6, 6.07) is 6.80. The molecule has 0 aliphatic heterocycles. The van der Waals surface area contributed by atoms with Crippen molar-refractivity contribution in [1.82, 2.24) is 19.9 Å². The third-order valence-corrected chi connectivity index (χ3v) is 3.15. The molecule has 120 valence electrons. The van der Waals surface area contributed by atoms with Gasteiger partial charge in [0.1, 0.15) is 0 Å². The van der Waals surface area contributed by atoms with E-state index < -0.39 is 12.1 Å². The van der Waals surface area contributed by atoms with E-state index in [-0.39, 0.29) is 5.82 Å². The molecule has 0 aliphatic carbocycles. The van der Waals surface area contributed by atoms with Crippen LogP contribution in [0.4, 0.5) is 13.2 Å². The second kappa shape index (κ2) is 5.84. The second-order valence-electron chi connectivity index (χ2n) is 4.87. The van der Waals surface area contributed by atoms with E-state index in [4.69, 9.17) is 5.73 Å². The molecule has 0 saturated heterocycles. The van der Waals surface area contributed by atoms with E-state index in [0.29, 0.717) is 18.7 Å². The molecule has 0 saturated carbocycles. The van der Waals surface area contributed by atoms with E-state index in [0.717, 1.165) is 11.1 Å². The monoisotopic (exact) mass is 323 g/mol. The summed E-state index contributed by atoms with van der Waals surface area (Å²) in [6.07, 6.45) is -1.12. The van der Waals surface area contributed by atoms with Crippen LogP contribution in [-0.4, -0.2) is 19.9 Å². The van der Waals surface area contributed by atoms with E-state index in [9.17, 15) is 13.2 Å². The van der Waals surface area contributed by atoms with E-state index in [1.165, 1.54) is 0 Å². The van der Waals surface area contributed by atoms with Gasteiger partial charge < -0.3 is 10.3 Å². The number of hydrogen-bond acceptors (Lipinski definition) is 5. The summed E-state index contributed by atoms with van der Waals surface area (Å²) in [5.41, 5.74) is 7.81. The van der Waals surface area contributed by atoms with E-state index in [1.807, 2.05) is 6.20 Å². The van der Waals surface area contributed by atoms with Crippen molar-refractivity contribution in [2.45, 2.75) is 19.3 Å². The Morgan fingerprint density at radius 2 is 1.87 bits per heavy atom. The Morgan fingerprint density at radius 1 is 1.13 bits per heavy atom. The summed E-state index contributed by atoms with van der Waals surface area (Å²) in [4.78, 5) is 3.35. The molecule has 1 aromatic carbocycles. The predicted molar refractivity (Wildman–Crippen MR) is 74.0 cm³/mol. The summed E-state index contributed by atoms with van der Waals surface area (Å²) >= 11 is 0. The lowest BCUT2D eigenvalue weighted by molar-refractivity contribution is -0.159. The summed E-state index contributed by atoms with van der Waals surface area (Å²) in [7, 11) is 0. The largest absolute Gasteiger partial charge is 0.471 e. The molecule has 2 heterocycles. The van der Waals surface area contributed by atoms with E-state index >= 15 is 0 Å². The fraction of sp³-hybridized carbons (Fsp3) is 0.214. The molecule has 0 radical (unpaired) electrons. The van der Waals surface area contributed by atoms with Crippen molar-refractivity contribution < 1.29 is 17.7 Å². The van der Waals surface area contributed by atoms with Gasteiger partial charge in [0, 0.05) is 23.9 Å². The first-order chi connectivity index (χ1) is 11.0. The fourth-order valence-corrected chi connectivity index (χ4v) is 2.00. The molecule has 0 amide bonds. The van der Waals surface area contributed by atoms with Crippen LogP contribution in [0.25, 0.3) is 11.4 Å². The number of nitrogens with two attached hydrogens (primary N) is 1. The van der Waals surface area contributed by atoms with Crippen LogP contribution in [0.15, 0.2) is 41.2 Å². The Bertz CT molecular complexity index is 791. The van der Waals surface area contributed by atoms with Crippen LogP contribution >= 0.6 is 0 Å². The maximum atomic E-state index is 12.4. The van der Waals surface area contributed by atoms with Crippen LogP contribution in [-0.2, 0) is 19.3 Å².